The molecule has 0 saturated heterocycles. The zero-order valence-corrected chi connectivity index (χ0v) is 13.6. The number of carbonyl (C=O) groups is 2. The lowest BCUT2D eigenvalue weighted by molar-refractivity contribution is -0.187. The standard InChI is InChI=1S/C14H6Cl4O4/c15-7-4-5-8(11(17)6-7)13(19)21-22-14(20)9-2-1-3-10(16)12(9)18/h1-6H. The molecule has 0 atom stereocenters. The first-order valence-corrected chi connectivity index (χ1v) is 7.23. The first kappa shape index (κ1) is 16.9. The Labute approximate surface area is 145 Å². The van der Waals surface area contributed by atoms with Crippen LogP contribution in [0.25, 0.3) is 0 Å². The van der Waals surface area contributed by atoms with E-state index in [1.54, 1.807) is 0 Å². The van der Waals surface area contributed by atoms with Crippen molar-refractivity contribution in [2.75, 3.05) is 0 Å². The largest absolute Gasteiger partial charge is 0.387 e. The molecule has 0 fully saturated rings. The van der Waals surface area contributed by atoms with E-state index in [-0.39, 0.29) is 26.2 Å². The summed E-state index contributed by atoms with van der Waals surface area (Å²) in [6.07, 6.45) is 0. The number of hydrogen-bond donors (Lipinski definition) is 0. The van der Waals surface area contributed by atoms with Crippen LogP contribution in [-0.2, 0) is 9.78 Å². The Bertz CT molecular complexity index is 746. The molecule has 2 aromatic rings. The molecule has 2 rings (SSSR count). The van der Waals surface area contributed by atoms with Gasteiger partial charge in [0, 0.05) is 5.02 Å². The summed E-state index contributed by atoms with van der Waals surface area (Å²) >= 11 is 23.2. The van der Waals surface area contributed by atoms with Crippen LogP contribution in [0.1, 0.15) is 20.7 Å². The second kappa shape index (κ2) is 7.20. The van der Waals surface area contributed by atoms with E-state index < -0.39 is 11.9 Å². The van der Waals surface area contributed by atoms with Crippen molar-refractivity contribution >= 4 is 58.3 Å². The highest BCUT2D eigenvalue weighted by Gasteiger charge is 2.19. The Morgan fingerprint density at radius 3 is 2.05 bits per heavy atom. The molecule has 0 spiro atoms. The second-order valence-corrected chi connectivity index (χ2v) is 5.60. The van der Waals surface area contributed by atoms with Crippen molar-refractivity contribution in [3.8, 4) is 0 Å². The molecule has 22 heavy (non-hydrogen) atoms. The zero-order valence-electron chi connectivity index (χ0n) is 10.6. The van der Waals surface area contributed by atoms with E-state index >= 15 is 0 Å². The summed E-state index contributed by atoms with van der Waals surface area (Å²) in [5.41, 5.74) is -0.0415. The molecular formula is C14H6Cl4O4. The molecule has 0 unspecified atom stereocenters. The van der Waals surface area contributed by atoms with Crippen LogP contribution in [0, 0.1) is 0 Å². The Morgan fingerprint density at radius 2 is 1.41 bits per heavy atom. The first-order chi connectivity index (χ1) is 10.4. The van der Waals surface area contributed by atoms with Gasteiger partial charge in [-0.2, -0.15) is 0 Å². The molecule has 0 aromatic heterocycles. The normalized spacial score (nSPS) is 10.2. The summed E-state index contributed by atoms with van der Waals surface area (Å²) in [5, 5.41) is 0.580. The van der Waals surface area contributed by atoms with Crippen molar-refractivity contribution in [3.63, 3.8) is 0 Å². The minimum atomic E-state index is -0.967. The van der Waals surface area contributed by atoms with E-state index in [0.29, 0.717) is 5.02 Å². The van der Waals surface area contributed by atoms with Gasteiger partial charge in [-0.3, -0.25) is 0 Å². The molecule has 4 nitrogen and oxygen atoms in total. The van der Waals surface area contributed by atoms with E-state index in [1.807, 2.05) is 0 Å². The van der Waals surface area contributed by atoms with E-state index in [4.69, 9.17) is 46.4 Å². The number of carbonyl (C=O) groups excluding carboxylic acids is 2. The summed E-state index contributed by atoms with van der Waals surface area (Å²) in [6.45, 7) is 0. The van der Waals surface area contributed by atoms with Gasteiger partial charge >= 0.3 is 11.9 Å². The molecule has 0 radical (unpaired) electrons. The fraction of sp³-hybridized carbons (Fsp3) is 0. The van der Waals surface area contributed by atoms with Crippen LogP contribution in [0.15, 0.2) is 36.4 Å². The van der Waals surface area contributed by atoms with E-state index in [9.17, 15) is 9.59 Å². The fourth-order valence-corrected chi connectivity index (χ4v) is 2.35. The van der Waals surface area contributed by atoms with Gasteiger partial charge in [0.15, 0.2) is 0 Å². The fourth-order valence-electron chi connectivity index (χ4n) is 1.48. The van der Waals surface area contributed by atoms with Gasteiger partial charge < -0.3 is 0 Å². The Morgan fingerprint density at radius 1 is 0.773 bits per heavy atom. The number of hydrogen-bond acceptors (Lipinski definition) is 4. The summed E-state index contributed by atoms with van der Waals surface area (Å²) in [4.78, 5) is 32.5. The summed E-state index contributed by atoms with van der Waals surface area (Å²) in [5.74, 6) is -1.92. The minimum Gasteiger partial charge on any atom is -0.241 e. The lowest BCUT2D eigenvalue weighted by Crippen LogP contribution is -2.12. The molecular weight excluding hydrogens is 374 g/mol. The van der Waals surface area contributed by atoms with Crippen LogP contribution in [0.4, 0.5) is 0 Å². The molecule has 0 aliphatic carbocycles. The molecule has 0 aliphatic rings. The smallest absolute Gasteiger partial charge is 0.241 e. The molecule has 2 aromatic carbocycles. The molecule has 8 heteroatoms. The molecule has 0 heterocycles. The quantitative estimate of drug-likeness (QED) is 0.529. The number of benzene rings is 2. The molecule has 0 amide bonds. The summed E-state index contributed by atoms with van der Waals surface area (Å²) in [7, 11) is 0. The number of halogens is 4. The highest BCUT2D eigenvalue weighted by Crippen LogP contribution is 2.26. The average molecular weight is 380 g/mol. The van der Waals surface area contributed by atoms with Gasteiger partial charge in [-0.1, -0.05) is 52.5 Å². The second-order valence-electron chi connectivity index (χ2n) is 3.97. The van der Waals surface area contributed by atoms with E-state index in [0.717, 1.165) is 0 Å². The van der Waals surface area contributed by atoms with Gasteiger partial charge in [-0.05, 0) is 30.3 Å². The summed E-state index contributed by atoms with van der Waals surface area (Å²) in [6, 6.07) is 8.52. The third-order valence-electron chi connectivity index (χ3n) is 2.52. The highest BCUT2D eigenvalue weighted by atomic mass is 35.5. The van der Waals surface area contributed by atoms with Crippen LogP contribution in [0.3, 0.4) is 0 Å². The van der Waals surface area contributed by atoms with Crippen molar-refractivity contribution in [2.45, 2.75) is 0 Å². The van der Waals surface area contributed by atoms with Gasteiger partial charge in [0.1, 0.15) is 0 Å². The van der Waals surface area contributed by atoms with Crippen LogP contribution in [0.5, 0.6) is 0 Å². The van der Waals surface area contributed by atoms with Gasteiger partial charge in [0.05, 0.1) is 26.2 Å². The third-order valence-corrected chi connectivity index (χ3v) is 3.88. The van der Waals surface area contributed by atoms with Crippen LogP contribution in [-0.4, -0.2) is 11.9 Å². The predicted molar refractivity (Wildman–Crippen MR) is 83.8 cm³/mol. The average Bonchev–Trinajstić information content (AvgIpc) is 2.47. The maximum absolute atomic E-state index is 11.8. The van der Waals surface area contributed by atoms with Crippen LogP contribution >= 0.6 is 46.4 Å². The topological polar surface area (TPSA) is 52.6 Å². The Kier molecular flexibility index (Phi) is 5.53. The van der Waals surface area contributed by atoms with E-state index in [1.165, 1.54) is 36.4 Å². The lowest BCUT2D eigenvalue weighted by atomic mass is 10.2. The Hall–Kier alpha value is -1.46. The van der Waals surface area contributed by atoms with Gasteiger partial charge in [0.2, 0.25) is 0 Å². The van der Waals surface area contributed by atoms with Crippen molar-refractivity contribution in [1.82, 2.24) is 0 Å². The SMILES string of the molecule is O=C(OOC(=O)c1cccc(Cl)c1Cl)c1ccc(Cl)cc1Cl. The van der Waals surface area contributed by atoms with Crippen molar-refractivity contribution < 1.29 is 19.4 Å². The number of rotatable bonds is 2. The van der Waals surface area contributed by atoms with E-state index in [2.05, 4.69) is 9.78 Å². The molecule has 0 N–H and O–H groups in total. The van der Waals surface area contributed by atoms with Gasteiger partial charge in [0.25, 0.3) is 0 Å². The highest BCUT2D eigenvalue weighted by molar-refractivity contribution is 6.43. The van der Waals surface area contributed by atoms with Crippen molar-refractivity contribution in [3.05, 3.63) is 67.6 Å². The molecule has 0 bridgehead atoms. The zero-order chi connectivity index (χ0) is 16.3. The van der Waals surface area contributed by atoms with Gasteiger partial charge in [-0.25, -0.2) is 19.4 Å². The summed E-state index contributed by atoms with van der Waals surface area (Å²) < 4.78 is 0. The molecule has 0 saturated carbocycles. The van der Waals surface area contributed by atoms with Crippen molar-refractivity contribution in [1.29, 1.82) is 0 Å². The minimum absolute atomic E-state index is 0.00365. The van der Waals surface area contributed by atoms with Crippen LogP contribution in [0.2, 0.25) is 20.1 Å². The predicted octanol–water partition coefficient (Wildman–Crippen LogP) is 5.23. The first-order valence-electron chi connectivity index (χ1n) is 5.72. The maximum Gasteiger partial charge on any atom is 0.387 e. The lowest BCUT2D eigenvalue weighted by Gasteiger charge is -2.06. The van der Waals surface area contributed by atoms with Crippen LogP contribution < -0.4 is 0 Å². The van der Waals surface area contributed by atoms with Gasteiger partial charge in [-0.15, -0.1) is 0 Å². The van der Waals surface area contributed by atoms with Crippen molar-refractivity contribution in [2.24, 2.45) is 0 Å². The maximum atomic E-state index is 11.8. The Balaban J connectivity index is 2.07. The third kappa shape index (κ3) is 3.84. The molecule has 0 aliphatic heterocycles. The molecule has 114 valence electrons. The monoisotopic (exact) mass is 378 g/mol.